The Hall–Kier alpha value is -2.24. The summed E-state index contributed by atoms with van der Waals surface area (Å²) in [6.07, 6.45) is -1.20. The van der Waals surface area contributed by atoms with Crippen LogP contribution >= 0.6 is 0 Å². The topological polar surface area (TPSA) is 91.7 Å². The van der Waals surface area contributed by atoms with E-state index in [1.165, 1.54) is 18.2 Å². The van der Waals surface area contributed by atoms with Crippen LogP contribution in [0.15, 0.2) is 24.3 Å². The normalized spacial score (nSPS) is 13.6. The quantitative estimate of drug-likeness (QED) is 0.763. The van der Waals surface area contributed by atoms with Crippen molar-refractivity contribution in [2.75, 3.05) is 0 Å². The number of Topliss-reactive ketones (excluding diaryl/α,β-unsaturated/α-hetero) is 1. The second kappa shape index (κ2) is 5.60. The first-order valence-electron chi connectivity index (χ1n) is 5.48. The molecule has 0 aliphatic rings. The molecule has 1 unspecified atom stereocenters. The number of hydrogen-bond acceptors (Lipinski definition) is 3. The van der Waals surface area contributed by atoms with Crippen molar-refractivity contribution in [3.8, 4) is 0 Å². The van der Waals surface area contributed by atoms with Crippen molar-refractivity contribution >= 4 is 17.7 Å². The molecule has 0 heterocycles. The van der Waals surface area contributed by atoms with Crippen molar-refractivity contribution in [1.82, 2.24) is 0 Å². The van der Waals surface area contributed by atoms with Gasteiger partial charge in [0.2, 0.25) is 0 Å². The maximum atomic E-state index is 13.1. The SMILES string of the molecule is CC(=O)C(CC(=O)O)(Cc1cccc(F)c1)C(=O)O. The Morgan fingerprint density at radius 2 is 1.89 bits per heavy atom. The molecule has 0 radical (unpaired) electrons. The summed E-state index contributed by atoms with van der Waals surface area (Å²) in [7, 11) is 0. The summed E-state index contributed by atoms with van der Waals surface area (Å²) in [6, 6.07) is 5.09. The first kappa shape index (κ1) is 14.8. The lowest BCUT2D eigenvalue weighted by molar-refractivity contribution is -0.160. The van der Waals surface area contributed by atoms with Crippen LogP contribution in [0, 0.1) is 11.2 Å². The molecule has 0 amide bonds. The van der Waals surface area contributed by atoms with Crippen LogP contribution in [0.25, 0.3) is 0 Å². The lowest BCUT2D eigenvalue weighted by Crippen LogP contribution is -2.42. The fraction of sp³-hybridized carbons (Fsp3) is 0.308. The number of ketones is 1. The molecule has 0 aliphatic carbocycles. The average Bonchev–Trinajstić information content (AvgIpc) is 2.26. The molecule has 0 saturated heterocycles. The largest absolute Gasteiger partial charge is 0.481 e. The number of aliphatic carboxylic acids is 2. The van der Waals surface area contributed by atoms with Gasteiger partial charge in [0.15, 0.2) is 0 Å². The Morgan fingerprint density at radius 1 is 1.26 bits per heavy atom. The van der Waals surface area contributed by atoms with Gasteiger partial charge in [-0.3, -0.25) is 14.4 Å². The van der Waals surface area contributed by atoms with Crippen molar-refractivity contribution in [3.05, 3.63) is 35.6 Å². The molecule has 1 atom stereocenters. The Balaban J connectivity index is 3.20. The molecule has 0 aliphatic heterocycles. The van der Waals surface area contributed by atoms with Gasteiger partial charge in [0.1, 0.15) is 17.0 Å². The van der Waals surface area contributed by atoms with Crippen molar-refractivity contribution in [2.45, 2.75) is 19.8 Å². The van der Waals surface area contributed by atoms with E-state index in [9.17, 15) is 23.9 Å². The van der Waals surface area contributed by atoms with E-state index < -0.39 is 35.4 Å². The van der Waals surface area contributed by atoms with Crippen molar-refractivity contribution in [3.63, 3.8) is 0 Å². The zero-order valence-corrected chi connectivity index (χ0v) is 10.2. The van der Waals surface area contributed by atoms with Crippen LogP contribution in [0.5, 0.6) is 0 Å². The third-order valence-corrected chi connectivity index (χ3v) is 2.93. The van der Waals surface area contributed by atoms with Gasteiger partial charge in [-0.15, -0.1) is 0 Å². The lowest BCUT2D eigenvalue weighted by atomic mass is 9.75. The van der Waals surface area contributed by atoms with E-state index >= 15 is 0 Å². The van der Waals surface area contributed by atoms with Crippen molar-refractivity contribution in [1.29, 1.82) is 0 Å². The molecule has 1 rings (SSSR count). The Bertz CT molecular complexity index is 510. The number of benzene rings is 1. The predicted molar refractivity (Wildman–Crippen MR) is 63.1 cm³/mol. The highest BCUT2D eigenvalue weighted by molar-refractivity contribution is 6.04. The molecule has 0 bridgehead atoms. The Kier molecular flexibility index (Phi) is 4.37. The molecular formula is C13H13FO5. The molecule has 19 heavy (non-hydrogen) atoms. The molecule has 5 nitrogen and oxygen atoms in total. The van der Waals surface area contributed by atoms with Crippen LogP contribution in [-0.2, 0) is 20.8 Å². The molecule has 1 aromatic rings. The molecule has 1 aromatic carbocycles. The fourth-order valence-electron chi connectivity index (χ4n) is 1.87. The zero-order valence-electron chi connectivity index (χ0n) is 10.2. The molecule has 0 aromatic heterocycles. The van der Waals surface area contributed by atoms with Crippen molar-refractivity contribution in [2.24, 2.45) is 5.41 Å². The van der Waals surface area contributed by atoms with E-state index in [0.29, 0.717) is 0 Å². The van der Waals surface area contributed by atoms with Crippen molar-refractivity contribution < 1.29 is 29.0 Å². The van der Waals surface area contributed by atoms with E-state index in [4.69, 9.17) is 5.11 Å². The van der Waals surface area contributed by atoms with Gasteiger partial charge in [0.25, 0.3) is 0 Å². The second-order valence-electron chi connectivity index (χ2n) is 4.32. The van der Waals surface area contributed by atoms with Crippen LogP contribution in [0.2, 0.25) is 0 Å². The summed E-state index contributed by atoms with van der Waals surface area (Å²) >= 11 is 0. The number of carbonyl (C=O) groups excluding carboxylic acids is 1. The molecule has 2 N–H and O–H groups in total. The first-order chi connectivity index (χ1) is 8.78. The minimum Gasteiger partial charge on any atom is -0.481 e. The second-order valence-corrected chi connectivity index (χ2v) is 4.32. The molecule has 0 saturated carbocycles. The smallest absolute Gasteiger partial charge is 0.318 e. The van der Waals surface area contributed by atoms with Crippen LogP contribution in [0.1, 0.15) is 18.9 Å². The molecular weight excluding hydrogens is 255 g/mol. The number of carbonyl (C=O) groups is 3. The highest BCUT2D eigenvalue weighted by Crippen LogP contribution is 2.29. The van der Waals surface area contributed by atoms with E-state index in [1.807, 2.05) is 0 Å². The van der Waals surface area contributed by atoms with E-state index in [-0.39, 0.29) is 12.0 Å². The van der Waals surface area contributed by atoms with Gasteiger partial charge in [0.05, 0.1) is 6.42 Å². The lowest BCUT2D eigenvalue weighted by Gasteiger charge is -2.24. The van der Waals surface area contributed by atoms with E-state index in [1.54, 1.807) is 0 Å². The van der Waals surface area contributed by atoms with Crippen LogP contribution in [0.4, 0.5) is 4.39 Å². The van der Waals surface area contributed by atoms with Gasteiger partial charge >= 0.3 is 11.9 Å². The highest BCUT2D eigenvalue weighted by Gasteiger charge is 2.45. The molecule has 102 valence electrons. The summed E-state index contributed by atoms with van der Waals surface area (Å²) < 4.78 is 13.1. The summed E-state index contributed by atoms with van der Waals surface area (Å²) in [5.74, 6) is -4.26. The summed E-state index contributed by atoms with van der Waals surface area (Å²) in [4.78, 5) is 33.7. The number of rotatable bonds is 6. The third kappa shape index (κ3) is 3.37. The first-order valence-corrected chi connectivity index (χ1v) is 5.48. The molecule has 6 heteroatoms. The number of halogens is 1. The monoisotopic (exact) mass is 268 g/mol. The van der Waals surface area contributed by atoms with Crippen LogP contribution < -0.4 is 0 Å². The molecule has 0 spiro atoms. The van der Waals surface area contributed by atoms with Gasteiger partial charge in [-0.05, 0) is 31.0 Å². The molecule has 0 fully saturated rings. The van der Waals surface area contributed by atoms with Gasteiger partial charge in [-0.2, -0.15) is 0 Å². The minimum atomic E-state index is -2.07. The zero-order chi connectivity index (χ0) is 14.6. The van der Waals surface area contributed by atoms with E-state index in [2.05, 4.69) is 0 Å². The summed E-state index contributed by atoms with van der Waals surface area (Å²) in [6.45, 7) is 1.02. The predicted octanol–water partition coefficient (Wildman–Crippen LogP) is 1.50. The number of carboxylic acids is 2. The summed E-state index contributed by atoms with van der Waals surface area (Å²) in [5.41, 5.74) is -1.81. The van der Waals surface area contributed by atoms with Gasteiger partial charge in [0, 0.05) is 0 Å². The van der Waals surface area contributed by atoms with Crippen LogP contribution in [-0.4, -0.2) is 27.9 Å². The summed E-state index contributed by atoms with van der Waals surface area (Å²) in [5, 5.41) is 18.0. The standard InChI is InChI=1S/C13H13FO5/c1-8(15)13(12(18)19,7-11(16)17)6-9-3-2-4-10(14)5-9/h2-5H,6-7H2,1H3,(H,16,17)(H,18,19). The average molecular weight is 268 g/mol. The van der Waals surface area contributed by atoms with Gasteiger partial charge in [-0.1, -0.05) is 12.1 Å². The Labute approximate surface area is 108 Å². The minimum absolute atomic E-state index is 0.263. The Morgan fingerprint density at radius 3 is 2.32 bits per heavy atom. The fourth-order valence-corrected chi connectivity index (χ4v) is 1.87. The van der Waals surface area contributed by atoms with E-state index in [0.717, 1.165) is 13.0 Å². The maximum Gasteiger partial charge on any atom is 0.318 e. The third-order valence-electron chi connectivity index (χ3n) is 2.93. The van der Waals surface area contributed by atoms with Gasteiger partial charge in [-0.25, -0.2) is 4.39 Å². The number of hydrogen-bond donors (Lipinski definition) is 2. The van der Waals surface area contributed by atoms with Gasteiger partial charge < -0.3 is 10.2 Å². The maximum absolute atomic E-state index is 13.1. The highest BCUT2D eigenvalue weighted by atomic mass is 19.1. The number of carboxylic acid groups (broad SMARTS) is 2. The van der Waals surface area contributed by atoms with Crippen LogP contribution in [0.3, 0.4) is 0 Å².